The summed E-state index contributed by atoms with van der Waals surface area (Å²) in [5.41, 5.74) is 1.68. The van der Waals surface area contributed by atoms with Gasteiger partial charge in [-0.3, -0.25) is 0 Å². The summed E-state index contributed by atoms with van der Waals surface area (Å²) >= 11 is 0. The van der Waals surface area contributed by atoms with Gasteiger partial charge in [0.25, 0.3) is 0 Å². The Kier molecular flexibility index (Phi) is 7.68. The molecule has 7 nitrogen and oxygen atoms in total. The number of carboxylic acid groups (broad SMARTS) is 1. The van der Waals surface area contributed by atoms with Crippen LogP contribution in [0.2, 0.25) is 0 Å². The maximum absolute atomic E-state index is 13.7. The van der Waals surface area contributed by atoms with E-state index in [4.69, 9.17) is 9.84 Å². The number of aliphatic carboxylic acids is 1. The van der Waals surface area contributed by atoms with Gasteiger partial charge in [0.05, 0.1) is 34.4 Å². The zero-order valence-corrected chi connectivity index (χ0v) is 20.2. The van der Waals surface area contributed by atoms with Gasteiger partial charge in [0.1, 0.15) is 0 Å². The Hall–Kier alpha value is -3.00. The van der Waals surface area contributed by atoms with E-state index in [1.165, 1.54) is 6.07 Å². The molecule has 1 heterocycles. The fourth-order valence-electron chi connectivity index (χ4n) is 4.35. The SMILES string of the molecule is CCCCC1(CC)CN(c2ccccc2)c2cc(NC)c(O/C=C/C(=O)O)cc2S(=O)(=O)C1. The molecule has 1 unspecified atom stereocenters. The van der Waals surface area contributed by atoms with Crippen LogP contribution in [0.1, 0.15) is 39.5 Å². The quantitative estimate of drug-likeness (QED) is 0.382. The molecule has 0 radical (unpaired) electrons. The molecule has 8 heteroatoms. The van der Waals surface area contributed by atoms with E-state index >= 15 is 0 Å². The lowest BCUT2D eigenvalue weighted by molar-refractivity contribution is -0.131. The number of fused-ring (bicyclic) bond motifs is 1. The number of sulfone groups is 1. The number of ether oxygens (including phenoxy) is 1. The van der Waals surface area contributed by atoms with Gasteiger partial charge >= 0.3 is 5.97 Å². The molecule has 0 aromatic heterocycles. The molecule has 0 fully saturated rings. The fourth-order valence-corrected chi connectivity index (χ4v) is 6.52. The summed E-state index contributed by atoms with van der Waals surface area (Å²) in [6.45, 7) is 4.77. The van der Waals surface area contributed by atoms with Gasteiger partial charge in [-0.1, -0.05) is 44.9 Å². The number of rotatable bonds is 9. The Balaban J connectivity index is 2.22. The van der Waals surface area contributed by atoms with Crippen molar-refractivity contribution in [2.75, 3.05) is 29.6 Å². The lowest BCUT2D eigenvalue weighted by Gasteiger charge is -2.36. The highest BCUT2D eigenvalue weighted by atomic mass is 32.2. The molecule has 0 saturated heterocycles. The summed E-state index contributed by atoms with van der Waals surface area (Å²) in [5, 5.41) is 11.9. The number of hydrogen-bond donors (Lipinski definition) is 2. The van der Waals surface area contributed by atoms with E-state index < -0.39 is 21.2 Å². The number of hydrogen-bond acceptors (Lipinski definition) is 6. The van der Waals surface area contributed by atoms with Crippen LogP contribution >= 0.6 is 0 Å². The van der Waals surface area contributed by atoms with Gasteiger partial charge in [0.15, 0.2) is 15.6 Å². The molecule has 0 saturated carbocycles. The first kappa shape index (κ1) is 24.6. The molecule has 33 heavy (non-hydrogen) atoms. The number of para-hydroxylation sites is 1. The molecule has 2 aromatic carbocycles. The van der Waals surface area contributed by atoms with Gasteiger partial charge in [-0.15, -0.1) is 0 Å². The maximum atomic E-state index is 13.7. The number of benzene rings is 2. The van der Waals surface area contributed by atoms with Crippen molar-refractivity contribution in [1.29, 1.82) is 0 Å². The Morgan fingerprint density at radius 1 is 1.24 bits per heavy atom. The third-order valence-corrected chi connectivity index (χ3v) is 8.22. The molecular formula is C25H32N2O5S. The highest BCUT2D eigenvalue weighted by Crippen LogP contribution is 2.46. The molecule has 178 valence electrons. The third kappa shape index (κ3) is 5.50. The standard InChI is InChI=1S/C25H32N2O5S/c1-4-6-13-25(5-2)17-27(19-10-8-7-9-11-19)21-15-20(26-3)22(32-14-12-24(28)29)16-23(21)33(30,31)18-25/h7-12,14-16,26H,4-6,13,17-18H2,1-3H3,(H,28,29)/b14-12+. The predicted octanol–water partition coefficient (Wildman–Crippen LogP) is 5.22. The van der Waals surface area contributed by atoms with Crippen molar-refractivity contribution >= 4 is 32.9 Å². The average molecular weight is 473 g/mol. The van der Waals surface area contributed by atoms with Gasteiger partial charge < -0.3 is 20.1 Å². The molecule has 0 aliphatic carbocycles. The van der Waals surface area contributed by atoms with Crippen LogP contribution in [0.15, 0.2) is 59.7 Å². The van der Waals surface area contributed by atoms with Crippen LogP contribution in [0.5, 0.6) is 5.75 Å². The topological polar surface area (TPSA) is 95.9 Å². The fraction of sp³-hybridized carbons (Fsp3) is 0.400. The molecule has 2 N–H and O–H groups in total. The van der Waals surface area contributed by atoms with E-state index in [1.54, 1.807) is 13.1 Å². The van der Waals surface area contributed by atoms with Crippen molar-refractivity contribution in [2.24, 2.45) is 5.41 Å². The summed E-state index contributed by atoms with van der Waals surface area (Å²) in [5.74, 6) is -0.846. The van der Waals surface area contributed by atoms with Crippen molar-refractivity contribution in [2.45, 2.75) is 44.4 Å². The number of anilines is 3. The number of carbonyl (C=O) groups is 1. The zero-order valence-electron chi connectivity index (χ0n) is 19.4. The van der Waals surface area contributed by atoms with E-state index in [0.29, 0.717) is 17.9 Å². The zero-order chi connectivity index (χ0) is 24.1. The molecule has 0 amide bonds. The monoisotopic (exact) mass is 472 g/mol. The Morgan fingerprint density at radius 2 is 1.97 bits per heavy atom. The summed E-state index contributed by atoms with van der Waals surface area (Å²) in [6.07, 6.45) is 5.42. The highest BCUT2D eigenvalue weighted by molar-refractivity contribution is 7.91. The summed E-state index contributed by atoms with van der Waals surface area (Å²) in [6, 6.07) is 13.1. The number of nitrogens with one attached hydrogen (secondary N) is 1. The molecular weight excluding hydrogens is 440 g/mol. The van der Waals surface area contributed by atoms with Crippen LogP contribution < -0.4 is 15.0 Å². The first-order chi connectivity index (χ1) is 15.7. The number of nitrogens with zero attached hydrogens (tertiary/aromatic N) is 1. The first-order valence-corrected chi connectivity index (χ1v) is 12.9. The molecule has 1 atom stereocenters. The average Bonchev–Trinajstić information content (AvgIpc) is 2.90. The third-order valence-electron chi connectivity index (χ3n) is 6.23. The van der Waals surface area contributed by atoms with Crippen LogP contribution in [-0.2, 0) is 14.6 Å². The van der Waals surface area contributed by atoms with Crippen LogP contribution in [-0.4, -0.2) is 38.8 Å². The van der Waals surface area contributed by atoms with E-state index in [2.05, 4.69) is 24.1 Å². The smallest absolute Gasteiger partial charge is 0.331 e. The van der Waals surface area contributed by atoms with E-state index in [-0.39, 0.29) is 16.4 Å². The Bertz CT molecular complexity index is 1120. The summed E-state index contributed by atoms with van der Waals surface area (Å²) < 4.78 is 33.0. The van der Waals surface area contributed by atoms with Gasteiger partial charge in [0.2, 0.25) is 0 Å². The lowest BCUT2D eigenvalue weighted by atomic mass is 9.81. The maximum Gasteiger partial charge on any atom is 0.331 e. The molecule has 2 aromatic rings. The van der Waals surface area contributed by atoms with Crippen molar-refractivity contribution in [1.82, 2.24) is 0 Å². The van der Waals surface area contributed by atoms with Crippen molar-refractivity contribution in [3.8, 4) is 5.75 Å². The second-order valence-corrected chi connectivity index (χ2v) is 10.4. The Labute approximate surface area is 196 Å². The molecule has 1 aliphatic heterocycles. The first-order valence-electron chi connectivity index (χ1n) is 11.2. The van der Waals surface area contributed by atoms with Crippen LogP contribution in [0.3, 0.4) is 0 Å². The van der Waals surface area contributed by atoms with Gasteiger partial charge in [-0.05, 0) is 31.0 Å². The van der Waals surface area contributed by atoms with Crippen LogP contribution in [0.4, 0.5) is 17.1 Å². The summed E-state index contributed by atoms with van der Waals surface area (Å²) in [4.78, 5) is 13.1. The normalized spacial score (nSPS) is 19.7. The second-order valence-electron chi connectivity index (χ2n) is 8.46. The minimum absolute atomic E-state index is 0.0517. The largest absolute Gasteiger partial charge is 0.478 e. The lowest BCUT2D eigenvalue weighted by Crippen LogP contribution is -2.37. The van der Waals surface area contributed by atoms with Crippen LogP contribution in [0.25, 0.3) is 0 Å². The van der Waals surface area contributed by atoms with Crippen molar-refractivity contribution in [3.05, 3.63) is 54.8 Å². The molecule has 1 aliphatic rings. The van der Waals surface area contributed by atoms with E-state index in [0.717, 1.165) is 43.7 Å². The van der Waals surface area contributed by atoms with Gasteiger partial charge in [0, 0.05) is 30.8 Å². The van der Waals surface area contributed by atoms with E-state index in [1.807, 2.05) is 30.3 Å². The predicted molar refractivity (Wildman–Crippen MR) is 131 cm³/mol. The second kappa shape index (κ2) is 10.3. The summed E-state index contributed by atoms with van der Waals surface area (Å²) in [7, 11) is -1.93. The van der Waals surface area contributed by atoms with Crippen LogP contribution in [0, 0.1) is 5.41 Å². The van der Waals surface area contributed by atoms with Crippen molar-refractivity contribution < 1.29 is 23.1 Å². The minimum atomic E-state index is -3.65. The molecule has 3 rings (SSSR count). The van der Waals surface area contributed by atoms with Gasteiger partial charge in [-0.2, -0.15) is 0 Å². The van der Waals surface area contributed by atoms with E-state index in [9.17, 15) is 13.2 Å². The molecule has 0 spiro atoms. The number of carboxylic acids is 1. The van der Waals surface area contributed by atoms with Crippen molar-refractivity contribution in [3.63, 3.8) is 0 Å². The Morgan fingerprint density at radius 3 is 2.58 bits per heavy atom. The molecule has 0 bridgehead atoms. The highest BCUT2D eigenvalue weighted by Gasteiger charge is 2.41. The number of unbranched alkanes of at least 4 members (excludes halogenated alkanes) is 1. The van der Waals surface area contributed by atoms with Gasteiger partial charge in [-0.25, -0.2) is 13.2 Å². The minimum Gasteiger partial charge on any atom is -0.478 e.